The maximum atomic E-state index is 6.02. The molecule has 3 fully saturated rings. The van der Waals surface area contributed by atoms with Crippen molar-refractivity contribution in [1.82, 2.24) is 14.3 Å². The summed E-state index contributed by atoms with van der Waals surface area (Å²) in [6.45, 7) is 0. The first kappa shape index (κ1) is 10.3. The second kappa shape index (κ2) is 4.53. The lowest BCUT2D eigenvalue weighted by atomic mass is 9.95. The Morgan fingerprint density at radius 1 is 1.29 bits per heavy atom. The molecule has 1 aliphatic carbocycles. The van der Waals surface area contributed by atoms with Gasteiger partial charge >= 0.3 is 0 Å². The molecule has 3 aliphatic rings. The monoisotopic (exact) mass is 253 g/mol. The van der Waals surface area contributed by atoms with E-state index in [2.05, 4.69) is 9.72 Å². The summed E-state index contributed by atoms with van der Waals surface area (Å²) in [7, 11) is 0.492. The molecule has 14 heavy (non-hydrogen) atoms. The van der Waals surface area contributed by atoms with Crippen molar-refractivity contribution in [2.24, 2.45) is 0 Å². The lowest BCUT2D eigenvalue weighted by Crippen LogP contribution is -2.44. The fourth-order valence-electron chi connectivity index (χ4n) is 1.94. The van der Waals surface area contributed by atoms with Crippen LogP contribution in [0.25, 0.3) is 0 Å². The predicted octanol–water partition coefficient (Wildman–Crippen LogP) is 2.00. The molecule has 2 saturated heterocycles. The highest BCUT2D eigenvalue weighted by Crippen LogP contribution is 2.56. The van der Waals surface area contributed by atoms with Gasteiger partial charge in [0.15, 0.2) is 0 Å². The molecule has 0 aromatic heterocycles. The van der Waals surface area contributed by atoms with E-state index in [0.717, 1.165) is 6.42 Å². The Hall–Kier alpha value is 1.09. The number of hydrogen-bond acceptors (Lipinski definition) is 5. The molecule has 0 spiro atoms. The summed E-state index contributed by atoms with van der Waals surface area (Å²) in [6, 6.07) is 0. The molecule has 5 unspecified atom stereocenters. The molecule has 80 valence electrons. The lowest BCUT2D eigenvalue weighted by molar-refractivity contribution is -0.159. The molecular weight excluding hydrogens is 239 g/mol. The van der Waals surface area contributed by atoms with Crippen LogP contribution >= 0.6 is 26.2 Å². The summed E-state index contributed by atoms with van der Waals surface area (Å²) >= 11 is 0. The maximum Gasteiger partial charge on any atom is 0.219 e. The molecule has 2 heterocycles. The van der Waals surface area contributed by atoms with Crippen molar-refractivity contribution in [3.63, 3.8) is 0 Å². The molecule has 0 aromatic carbocycles. The highest BCUT2D eigenvalue weighted by molar-refractivity contribution is 7.70. The van der Waals surface area contributed by atoms with Crippen LogP contribution in [0.4, 0.5) is 0 Å². The fourth-order valence-corrected chi connectivity index (χ4v) is 6.61. The Labute approximate surface area is 88.3 Å². The zero-order valence-electron chi connectivity index (χ0n) is 7.69. The molecule has 8 heteroatoms. The molecule has 2 aliphatic heterocycles. The molecule has 5 nitrogen and oxygen atoms in total. The number of nitrogens with zero attached hydrogens (tertiary/aromatic N) is 1. The van der Waals surface area contributed by atoms with Crippen LogP contribution in [0.5, 0.6) is 0 Å². The van der Waals surface area contributed by atoms with Gasteiger partial charge in [-0.1, -0.05) is 17.4 Å². The zero-order valence-corrected chi connectivity index (χ0v) is 10.6. The molecular formula is C6H14N3O2P3. The van der Waals surface area contributed by atoms with Gasteiger partial charge in [0.25, 0.3) is 0 Å². The third-order valence-electron chi connectivity index (χ3n) is 2.64. The topological polar surface area (TPSA) is 45.8 Å². The van der Waals surface area contributed by atoms with E-state index >= 15 is 0 Å². The van der Waals surface area contributed by atoms with Gasteiger partial charge in [0.1, 0.15) is 6.10 Å². The van der Waals surface area contributed by atoms with Crippen LogP contribution in [0.2, 0.25) is 0 Å². The largest absolute Gasteiger partial charge is 0.324 e. The van der Waals surface area contributed by atoms with Crippen LogP contribution in [-0.2, 0) is 9.36 Å². The van der Waals surface area contributed by atoms with E-state index < -0.39 is 8.45 Å². The normalized spacial score (nSPS) is 47.6. The van der Waals surface area contributed by atoms with Gasteiger partial charge in [-0.2, -0.15) is 0 Å². The van der Waals surface area contributed by atoms with Crippen LogP contribution < -0.4 is 9.72 Å². The third kappa shape index (κ3) is 1.98. The fraction of sp³-hybridized carbons (Fsp3) is 1.00. The minimum absolute atomic E-state index is 0.306. The van der Waals surface area contributed by atoms with Gasteiger partial charge in [-0.15, -0.1) is 0 Å². The van der Waals surface area contributed by atoms with E-state index in [4.69, 9.17) is 9.36 Å². The average Bonchev–Trinajstić information content (AvgIpc) is 2.26. The molecule has 0 bridgehead atoms. The summed E-state index contributed by atoms with van der Waals surface area (Å²) in [6.07, 6.45) is 5.53. The SMILES string of the molecule is C1CCC2OP3NPNPN3OC2C1. The molecule has 2 N–H and O–H groups in total. The number of fused-ring (bicyclic) bond motifs is 2. The van der Waals surface area contributed by atoms with Gasteiger partial charge in [-0.25, -0.2) is 4.86 Å². The molecule has 0 aromatic rings. The zero-order chi connectivity index (χ0) is 9.38. The van der Waals surface area contributed by atoms with Crippen molar-refractivity contribution >= 4 is 26.2 Å². The first-order valence-electron chi connectivity index (χ1n) is 4.88. The Kier molecular flexibility index (Phi) is 3.32. The second-order valence-electron chi connectivity index (χ2n) is 3.59. The van der Waals surface area contributed by atoms with Gasteiger partial charge in [0, 0.05) is 8.88 Å². The molecule has 1 saturated carbocycles. The van der Waals surface area contributed by atoms with Gasteiger partial charge < -0.3 is 4.52 Å². The molecule has 0 amide bonds. The van der Waals surface area contributed by atoms with Crippen LogP contribution in [0, 0.1) is 0 Å². The molecule has 3 rings (SSSR count). The van der Waals surface area contributed by atoms with Crippen LogP contribution in [0.15, 0.2) is 0 Å². The summed E-state index contributed by atoms with van der Waals surface area (Å²) < 4.78 is 7.99. The number of hydrogen-bond donors (Lipinski definition) is 2. The number of rotatable bonds is 0. The second-order valence-corrected chi connectivity index (χ2v) is 7.86. The Balaban J connectivity index is 1.68. The van der Waals surface area contributed by atoms with E-state index in [-0.39, 0.29) is 0 Å². The van der Waals surface area contributed by atoms with E-state index in [0.29, 0.717) is 30.0 Å². The van der Waals surface area contributed by atoms with Crippen LogP contribution in [-0.4, -0.2) is 16.8 Å². The predicted molar refractivity (Wildman–Crippen MR) is 59.9 cm³/mol. The lowest BCUT2D eigenvalue weighted by Gasteiger charge is -2.45. The smallest absolute Gasteiger partial charge is 0.219 e. The van der Waals surface area contributed by atoms with Crippen molar-refractivity contribution in [3.05, 3.63) is 0 Å². The summed E-state index contributed by atoms with van der Waals surface area (Å²) in [5.41, 5.74) is 0. The van der Waals surface area contributed by atoms with E-state index in [1.807, 2.05) is 4.60 Å². The highest BCUT2D eigenvalue weighted by atomic mass is 31.2. The summed E-state index contributed by atoms with van der Waals surface area (Å²) in [4.78, 5) is 12.5. The first-order chi connectivity index (χ1) is 6.93. The van der Waals surface area contributed by atoms with E-state index in [1.54, 1.807) is 0 Å². The van der Waals surface area contributed by atoms with Crippen molar-refractivity contribution in [2.75, 3.05) is 0 Å². The number of nitrogens with one attached hydrogen (secondary N) is 2. The Morgan fingerprint density at radius 3 is 3.07 bits per heavy atom. The van der Waals surface area contributed by atoms with E-state index in [1.165, 1.54) is 19.3 Å². The molecule has 5 atom stereocenters. The average molecular weight is 253 g/mol. The summed E-state index contributed by atoms with van der Waals surface area (Å²) in [5, 5.41) is 0. The Morgan fingerprint density at radius 2 is 2.14 bits per heavy atom. The highest BCUT2D eigenvalue weighted by Gasteiger charge is 2.40. The summed E-state index contributed by atoms with van der Waals surface area (Å²) in [5.74, 6) is 0. The van der Waals surface area contributed by atoms with Gasteiger partial charge in [-0.3, -0.25) is 9.70 Å². The standard InChI is InChI=1S/C6H14N3O2P3/c1-2-4-6-5(3-1)10-9-13-7-12-8-14(9)11-6/h5-8,12-13H,1-4H2. The van der Waals surface area contributed by atoms with Crippen molar-refractivity contribution in [2.45, 2.75) is 37.9 Å². The quantitative estimate of drug-likeness (QED) is 0.646. The van der Waals surface area contributed by atoms with Crippen molar-refractivity contribution in [3.8, 4) is 0 Å². The minimum Gasteiger partial charge on any atom is -0.324 e. The third-order valence-corrected chi connectivity index (χ3v) is 6.84. The van der Waals surface area contributed by atoms with Crippen molar-refractivity contribution < 1.29 is 9.36 Å². The maximum absolute atomic E-state index is 6.02. The molecule has 0 radical (unpaired) electrons. The first-order valence-corrected chi connectivity index (χ1v) is 8.04. The van der Waals surface area contributed by atoms with Gasteiger partial charge in [-0.05, 0) is 12.8 Å². The van der Waals surface area contributed by atoms with Crippen LogP contribution in [0.3, 0.4) is 0 Å². The minimum atomic E-state index is -0.667. The Bertz CT molecular complexity index is 180. The van der Waals surface area contributed by atoms with E-state index in [9.17, 15) is 0 Å². The van der Waals surface area contributed by atoms with Crippen LogP contribution in [0.1, 0.15) is 25.7 Å². The van der Waals surface area contributed by atoms with Gasteiger partial charge in [0.2, 0.25) is 8.45 Å². The van der Waals surface area contributed by atoms with Gasteiger partial charge in [0.05, 0.1) is 15.0 Å². The van der Waals surface area contributed by atoms with Crippen molar-refractivity contribution in [1.29, 1.82) is 0 Å².